The number of hydrogen-bond acceptors (Lipinski definition) is 4. The molecule has 0 radical (unpaired) electrons. The first kappa shape index (κ1) is 13.9. The number of aromatic hydroxyl groups is 1. The molecule has 4 nitrogen and oxygen atoms in total. The molecule has 0 heterocycles. The summed E-state index contributed by atoms with van der Waals surface area (Å²) in [6, 6.07) is 15.9. The smallest absolute Gasteiger partial charge is 0.316 e. The van der Waals surface area contributed by atoms with Crippen LogP contribution in [0.4, 0.5) is 0 Å². The van der Waals surface area contributed by atoms with E-state index in [0.29, 0.717) is 5.75 Å². The van der Waals surface area contributed by atoms with Crippen LogP contribution in [0.3, 0.4) is 0 Å². The molecule has 2 aromatic rings. The Kier molecular flexibility index (Phi) is 4.60. The molecule has 4 heteroatoms. The lowest BCUT2D eigenvalue weighted by atomic mass is 10.0. The predicted molar refractivity (Wildman–Crippen MR) is 74.8 cm³/mol. The van der Waals surface area contributed by atoms with E-state index in [1.165, 1.54) is 13.2 Å². The lowest BCUT2D eigenvalue weighted by Crippen LogP contribution is -2.21. The van der Waals surface area contributed by atoms with E-state index in [4.69, 9.17) is 9.47 Å². The van der Waals surface area contributed by atoms with Crippen molar-refractivity contribution in [3.8, 4) is 11.5 Å². The second kappa shape index (κ2) is 6.61. The standard InChI is InChI=1S/C16H16O4/c1-19-16(18)13(12-7-3-2-4-8-12)11-20-15-10-6-5-9-14(15)17/h2-10,13,17H,11H2,1H3. The maximum absolute atomic E-state index is 11.9. The molecule has 0 spiro atoms. The van der Waals surface area contributed by atoms with Gasteiger partial charge in [0.2, 0.25) is 0 Å². The molecule has 2 rings (SSSR count). The van der Waals surface area contributed by atoms with Crippen molar-refractivity contribution >= 4 is 5.97 Å². The number of phenolic OH excluding ortho intramolecular Hbond substituents is 1. The Bertz CT molecular complexity index is 566. The van der Waals surface area contributed by atoms with Crippen molar-refractivity contribution in [2.45, 2.75) is 5.92 Å². The van der Waals surface area contributed by atoms with Crippen molar-refractivity contribution in [1.29, 1.82) is 0 Å². The van der Waals surface area contributed by atoms with Gasteiger partial charge in [0.25, 0.3) is 0 Å². The molecule has 0 aromatic heterocycles. The fourth-order valence-electron chi connectivity index (χ4n) is 1.88. The summed E-state index contributed by atoms with van der Waals surface area (Å²) in [5.74, 6) is -0.506. The summed E-state index contributed by atoms with van der Waals surface area (Å²) in [7, 11) is 1.35. The van der Waals surface area contributed by atoms with Crippen LogP contribution in [0, 0.1) is 0 Å². The lowest BCUT2D eigenvalue weighted by molar-refractivity contribution is -0.143. The van der Waals surface area contributed by atoms with E-state index >= 15 is 0 Å². The van der Waals surface area contributed by atoms with Crippen molar-refractivity contribution in [1.82, 2.24) is 0 Å². The molecule has 0 aliphatic rings. The van der Waals surface area contributed by atoms with E-state index in [9.17, 15) is 9.90 Å². The molecule has 1 atom stereocenters. The maximum atomic E-state index is 11.9. The van der Waals surface area contributed by atoms with Crippen molar-refractivity contribution in [3.63, 3.8) is 0 Å². The van der Waals surface area contributed by atoms with Gasteiger partial charge in [-0.25, -0.2) is 0 Å². The molecule has 0 saturated carbocycles. The highest BCUT2D eigenvalue weighted by atomic mass is 16.5. The second-order valence-electron chi connectivity index (χ2n) is 4.27. The molecule has 1 N–H and O–H groups in total. The minimum absolute atomic E-state index is 0.0455. The zero-order valence-electron chi connectivity index (χ0n) is 11.2. The van der Waals surface area contributed by atoms with Crippen LogP contribution in [0.2, 0.25) is 0 Å². The fourth-order valence-corrected chi connectivity index (χ4v) is 1.88. The molecule has 0 aliphatic carbocycles. The average Bonchev–Trinajstić information content (AvgIpc) is 2.50. The zero-order valence-corrected chi connectivity index (χ0v) is 11.2. The van der Waals surface area contributed by atoms with Crippen LogP contribution in [-0.2, 0) is 9.53 Å². The Labute approximate surface area is 117 Å². The number of hydrogen-bond donors (Lipinski definition) is 1. The van der Waals surface area contributed by atoms with Gasteiger partial charge in [-0.05, 0) is 17.7 Å². The summed E-state index contributed by atoms with van der Waals surface area (Å²) in [5, 5.41) is 9.65. The third kappa shape index (κ3) is 3.29. The molecular formula is C16H16O4. The van der Waals surface area contributed by atoms with Gasteiger partial charge in [-0.3, -0.25) is 4.79 Å². The SMILES string of the molecule is COC(=O)C(COc1ccccc1O)c1ccccc1. The third-order valence-corrected chi connectivity index (χ3v) is 2.96. The summed E-state index contributed by atoms with van der Waals surface area (Å²) in [4.78, 5) is 11.9. The van der Waals surface area contributed by atoms with Gasteiger partial charge < -0.3 is 14.6 Å². The molecular weight excluding hydrogens is 256 g/mol. The van der Waals surface area contributed by atoms with Crippen molar-refractivity contribution in [3.05, 3.63) is 60.2 Å². The van der Waals surface area contributed by atoms with Crippen LogP contribution >= 0.6 is 0 Å². The quantitative estimate of drug-likeness (QED) is 0.850. The van der Waals surface area contributed by atoms with Gasteiger partial charge in [0.05, 0.1) is 7.11 Å². The number of carbonyl (C=O) groups is 1. The fraction of sp³-hybridized carbons (Fsp3) is 0.188. The van der Waals surface area contributed by atoms with Gasteiger partial charge in [0.1, 0.15) is 12.5 Å². The predicted octanol–water partition coefficient (Wildman–Crippen LogP) is 2.73. The summed E-state index contributed by atoms with van der Waals surface area (Å²) >= 11 is 0. The van der Waals surface area contributed by atoms with E-state index < -0.39 is 5.92 Å². The molecule has 0 aliphatic heterocycles. The highest BCUT2D eigenvalue weighted by molar-refractivity contribution is 5.78. The highest BCUT2D eigenvalue weighted by Crippen LogP contribution is 2.26. The number of para-hydroxylation sites is 2. The Morgan fingerprint density at radius 1 is 1.10 bits per heavy atom. The van der Waals surface area contributed by atoms with Crippen LogP contribution in [0.15, 0.2) is 54.6 Å². The summed E-state index contributed by atoms with van der Waals surface area (Å²) in [6.07, 6.45) is 0. The van der Waals surface area contributed by atoms with Crippen molar-refractivity contribution < 1.29 is 19.4 Å². The first-order valence-electron chi connectivity index (χ1n) is 6.26. The van der Waals surface area contributed by atoms with Crippen LogP contribution in [0.25, 0.3) is 0 Å². The number of esters is 1. The van der Waals surface area contributed by atoms with Gasteiger partial charge in [0, 0.05) is 0 Å². The van der Waals surface area contributed by atoms with Gasteiger partial charge in [-0.15, -0.1) is 0 Å². The van der Waals surface area contributed by atoms with Crippen LogP contribution in [-0.4, -0.2) is 24.8 Å². The molecule has 1 unspecified atom stereocenters. The number of rotatable bonds is 5. The van der Waals surface area contributed by atoms with Gasteiger partial charge in [-0.2, -0.15) is 0 Å². The van der Waals surface area contributed by atoms with E-state index in [-0.39, 0.29) is 18.3 Å². The molecule has 0 bridgehead atoms. The molecule has 0 fully saturated rings. The number of ether oxygens (including phenoxy) is 2. The Balaban J connectivity index is 2.14. The van der Waals surface area contributed by atoms with Crippen LogP contribution < -0.4 is 4.74 Å². The Morgan fingerprint density at radius 3 is 2.40 bits per heavy atom. The average molecular weight is 272 g/mol. The minimum Gasteiger partial charge on any atom is -0.504 e. The van der Waals surface area contributed by atoms with Gasteiger partial charge in [0.15, 0.2) is 11.5 Å². The van der Waals surface area contributed by atoms with E-state index in [1.807, 2.05) is 30.3 Å². The maximum Gasteiger partial charge on any atom is 0.316 e. The van der Waals surface area contributed by atoms with Gasteiger partial charge in [-0.1, -0.05) is 42.5 Å². The minimum atomic E-state index is -0.527. The first-order chi connectivity index (χ1) is 9.72. The van der Waals surface area contributed by atoms with Crippen LogP contribution in [0.1, 0.15) is 11.5 Å². The molecule has 0 amide bonds. The summed E-state index contributed by atoms with van der Waals surface area (Å²) < 4.78 is 10.3. The molecule has 2 aromatic carbocycles. The Hall–Kier alpha value is -2.49. The topological polar surface area (TPSA) is 55.8 Å². The van der Waals surface area contributed by atoms with Crippen molar-refractivity contribution in [2.75, 3.05) is 13.7 Å². The van der Waals surface area contributed by atoms with Crippen molar-refractivity contribution in [2.24, 2.45) is 0 Å². The molecule has 20 heavy (non-hydrogen) atoms. The molecule has 104 valence electrons. The van der Waals surface area contributed by atoms with Gasteiger partial charge >= 0.3 is 5.97 Å². The third-order valence-electron chi connectivity index (χ3n) is 2.96. The lowest BCUT2D eigenvalue weighted by Gasteiger charge is -2.16. The summed E-state index contributed by atoms with van der Waals surface area (Å²) in [5.41, 5.74) is 0.815. The monoisotopic (exact) mass is 272 g/mol. The van der Waals surface area contributed by atoms with E-state index in [0.717, 1.165) is 5.56 Å². The number of benzene rings is 2. The number of phenols is 1. The Morgan fingerprint density at radius 2 is 1.75 bits per heavy atom. The highest BCUT2D eigenvalue weighted by Gasteiger charge is 2.22. The summed E-state index contributed by atoms with van der Waals surface area (Å²) in [6.45, 7) is 0.105. The number of methoxy groups -OCH3 is 1. The van der Waals surface area contributed by atoms with Crippen LogP contribution in [0.5, 0.6) is 11.5 Å². The largest absolute Gasteiger partial charge is 0.504 e. The first-order valence-corrected chi connectivity index (χ1v) is 6.26. The zero-order chi connectivity index (χ0) is 14.4. The van der Waals surface area contributed by atoms with E-state index in [2.05, 4.69) is 0 Å². The normalized spacial score (nSPS) is 11.7. The number of carbonyl (C=O) groups excluding carboxylic acids is 1. The molecule has 0 saturated heterocycles. The van der Waals surface area contributed by atoms with E-state index in [1.54, 1.807) is 18.2 Å². The second-order valence-corrected chi connectivity index (χ2v) is 4.27.